The number of nitrogens with zero attached hydrogens (tertiary/aromatic N) is 2. The van der Waals surface area contributed by atoms with Crippen LogP contribution in [0, 0.1) is 6.92 Å². The number of aryl methyl sites for hydroxylation is 1. The van der Waals surface area contributed by atoms with E-state index in [1.165, 1.54) is 0 Å². The summed E-state index contributed by atoms with van der Waals surface area (Å²) in [5.41, 5.74) is 9.63. The Morgan fingerprint density at radius 2 is 2.05 bits per heavy atom. The van der Waals surface area contributed by atoms with Crippen LogP contribution in [0.1, 0.15) is 17.0 Å². The van der Waals surface area contributed by atoms with E-state index in [1.807, 2.05) is 49.4 Å². The van der Waals surface area contributed by atoms with Gasteiger partial charge in [-0.2, -0.15) is 4.98 Å². The van der Waals surface area contributed by atoms with Crippen LogP contribution in [0.4, 0.5) is 5.69 Å². The van der Waals surface area contributed by atoms with Crippen molar-refractivity contribution in [3.63, 3.8) is 0 Å². The second kappa shape index (κ2) is 5.69. The first kappa shape index (κ1) is 13.8. The molecule has 3 rings (SSSR count). The standard InChI is InChI=1S/C16H14BrN3O/c1-10-5-6-12(9-14(10)18)16-19-15(20-21-16)8-11-3-2-4-13(17)7-11/h2-7,9H,8,18H2,1H3. The topological polar surface area (TPSA) is 64.9 Å². The van der Waals surface area contributed by atoms with Crippen molar-refractivity contribution in [2.75, 3.05) is 5.73 Å². The quantitative estimate of drug-likeness (QED) is 0.730. The fourth-order valence-corrected chi connectivity index (χ4v) is 2.49. The monoisotopic (exact) mass is 343 g/mol. The van der Waals surface area contributed by atoms with Crippen LogP contribution in [0.3, 0.4) is 0 Å². The molecule has 5 heteroatoms. The number of anilines is 1. The lowest BCUT2D eigenvalue weighted by Gasteiger charge is -2.00. The molecule has 0 aliphatic rings. The molecule has 106 valence electrons. The molecule has 1 heterocycles. The molecule has 0 amide bonds. The molecule has 0 saturated heterocycles. The first-order valence-corrected chi connectivity index (χ1v) is 7.34. The van der Waals surface area contributed by atoms with Crippen molar-refractivity contribution < 1.29 is 4.52 Å². The smallest absolute Gasteiger partial charge is 0.258 e. The third-order valence-corrected chi connectivity index (χ3v) is 3.74. The Hall–Kier alpha value is -2.14. The van der Waals surface area contributed by atoms with Crippen molar-refractivity contribution in [2.24, 2.45) is 0 Å². The summed E-state index contributed by atoms with van der Waals surface area (Å²) in [6.07, 6.45) is 0.629. The molecule has 4 nitrogen and oxygen atoms in total. The highest BCUT2D eigenvalue weighted by Crippen LogP contribution is 2.23. The molecule has 0 fully saturated rings. The van der Waals surface area contributed by atoms with E-state index >= 15 is 0 Å². The third-order valence-electron chi connectivity index (χ3n) is 3.25. The van der Waals surface area contributed by atoms with Crippen LogP contribution in [0.25, 0.3) is 11.5 Å². The summed E-state index contributed by atoms with van der Waals surface area (Å²) in [6.45, 7) is 1.96. The van der Waals surface area contributed by atoms with Crippen LogP contribution < -0.4 is 5.73 Å². The SMILES string of the molecule is Cc1ccc(-c2nc(Cc3cccc(Br)c3)no2)cc1N. The highest BCUT2D eigenvalue weighted by Gasteiger charge is 2.10. The second-order valence-electron chi connectivity index (χ2n) is 4.89. The normalized spacial score (nSPS) is 10.8. The summed E-state index contributed by atoms with van der Waals surface area (Å²) < 4.78 is 6.36. The molecular formula is C16H14BrN3O. The zero-order chi connectivity index (χ0) is 14.8. The van der Waals surface area contributed by atoms with E-state index in [4.69, 9.17) is 10.3 Å². The maximum atomic E-state index is 5.91. The van der Waals surface area contributed by atoms with Gasteiger partial charge in [0.2, 0.25) is 0 Å². The molecule has 0 spiro atoms. The summed E-state index contributed by atoms with van der Waals surface area (Å²) >= 11 is 3.45. The molecule has 21 heavy (non-hydrogen) atoms. The zero-order valence-corrected chi connectivity index (χ0v) is 13.1. The molecule has 0 aliphatic carbocycles. The fourth-order valence-electron chi connectivity index (χ4n) is 2.05. The minimum atomic E-state index is 0.492. The largest absolute Gasteiger partial charge is 0.398 e. The minimum absolute atomic E-state index is 0.492. The maximum absolute atomic E-state index is 5.91. The van der Waals surface area contributed by atoms with Gasteiger partial charge in [0.25, 0.3) is 5.89 Å². The lowest BCUT2D eigenvalue weighted by atomic mass is 10.1. The number of nitrogen functional groups attached to an aromatic ring is 1. The molecule has 3 aromatic rings. The Bertz CT molecular complexity index is 783. The van der Waals surface area contributed by atoms with Crippen LogP contribution in [0.2, 0.25) is 0 Å². The Morgan fingerprint density at radius 3 is 2.81 bits per heavy atom. The van der Waals surface area contributed by atoms with Crippen molar-refractivity contribution in [2.45, 2.75) is 13.3 Å². The van der Waals surface area contributed by atoms with Crippen LogP contribution in [-0.4, -0.2) is 10.1 Å². The number of nitrogens with two attached hydrogens (primary N) is 1. The van der Waals surface area contributed by atoms with E-state index in [0.29, 0.717) is 18.1 Å². The Balaban J connectivity index is 1.84. The highest BCUT2D eigenvalue weighted by molar-refractivity contribution is 9.10. The van der Waals surface area contributed by atoms with E-state index in [-0.39, 0.29) is 0 Å². The molecule has 0 unspecified atom stereocenters. The van der Waals surface area contributed by atoms with Crippen LogP contribution in [0.5, 0.6) is 0 Å². The number of hydrogen-bond acceptors (Lipinski definition) is 4. The van der Waals surface area contributed by atoms with E-state index in [1.54, 1.807) is 0 Å². The van der Waals surface area contributed by atoms with E-state index in [9.17, 15) is 0 Å². The van der Waals surface area contributed by atoms with Crippen molar-refractivity contribution in [1.29, 1.82) is 0 Å². The van der Waals surface area contributed by atoms with Crippen LogP contribution in [0.15, 0.2) is 51.5 Å². The predicted molar refractivity (Wildman–Crippen MR) is 85.8 cm³/mol. The van der Waals surface area contributed by atoms with Gasteiger partial charge in [-0.15, -0.1) is 0 Å². The molecule has 0 bridgehead atoms. The molecular weight excluding hydrogens is 330 g/mol. The zero-order valence-electron chi connectivity index (χ0n) is 11.5. The lowest BCUT2D eigenvalue weighted by molar-refractivity contribution is 0.424. The van der Waals surface area contributed by atoms with Gasteiger partial charge in [-0.25, -0.2) is 0 Å². The third kappa shape index (κ3) is 3.13. The second-order valence-corrected chi connectivity index (χ2v) is 5.81. The van der Waals surface area contributed by atoms with Gasteiger partial charge in [0.05, 0.1) is 0 Å². The first-order valence-electron chi connectivity index (χ1n) is 6.55. The number of rotatable bonds is 3. The van der Waals surface area contributed by atoms with Gasteiger partial charge >= 0.3 is 0 Å². The Morgan fingerprint density at radius 1 is 1.19 bits per heavy atom. The van der Waals surface area contributed by atoms with Gasteiger partial charge in [0, 0.05) is 22.1 Å². The Labute approximate surface area is 131 Å². The highest BCUT2D eigenvalue weighted by atomic mass is 79.9. The number of hydrogen-bond donors (Lipinski definition) is 1. The number of benzene rings is 2. The predicted octanol–water partition coefficient (Wildman–Crippen LogP) is 3.98. The van der Waals surface area contributed by atoms with Gasteiger partial charge in [-0.3, -0.25) is 0 Å². The summed E-state index contributed by atoms with van der Waals surface area (Å²) in [5.74, 6) is 1.15. The van der Waals surface area contributed by atoms with Crippen molar-refractivity contribution in [3.05, 3.63) is 63.9 Å². The number of halogens is 1. The molecule has 0 aliphatic heterocycles. The van der Waals surface area contributed by atoms with Crippen LogP contribution >= 0.6 is 15.9 Å². The molecule has 2 N–H and O–H groups in total. The maximum Gasteiger partial charge on any atom is 0.258 e. The van der Waals surface area contributed by atoms with Gasteiger partial charge in [0.15, 0.2) is 5.82 Å². The van der Waals surface area contributed by atoms with Crippen molar-refractivity contribution >= 4 is 21.6 Å². The summed E-state index contributed by atoms with van der Waals surface area (Å²) in [6, 6.07) is 13.8. The van der Waals surface area contributed by atoms with Gasteiger partial charge in [-0.1, -0.05) is 39.3 Å². The molecule has 0 radical (unpaired) electrons. The summed E-state index contributed by atoms with van der Waals surface area (Å²) in [5, 5.41) is 4.03. The van der Waals surface area contributed by atoms with E-state index in [0.717, 1.165) is 26.9 Å². The average molecular weight is 344 g/mol. The van der Waals surface area contributed by atoms with E-state index < -0.39 is 0 Å². The molecule has 1 aromatic heterocycles. The van der Waals surface area contributed by atoms with E-state index in [2.05, 4.69) is 26.1 Å². The van der Waals surface area contributed by atoms with Crippen molar-refractivity contribution in [3.8, 4) is 11.5 Å². The number of aromatic nitrogens is 2. The van der Waals surface area contributed by atoms with Crippen LogP contribution in [-0.2, 0) is 6.42 Å². The summed E-state index contributed by atoms with van der Waals surface area (Å²) in [4.78, 5) is 4.43. The minimum Gasteiger partial charge on any atom is -0.398 e. The van der Waals surface area contributed by atoms with Crippen molar-refractivity contribution in [1.82, 2.24) is 10.1 Å². The molecule has 0 atom stereocenters. The van der Waals surface area contributed by atoms with Gasteiger partial charge < -0.3 is 10.3 Å². The summed E-state index contributed by atoms with van der Waals surface area (Å²) in [7, 11) is 0. The van der Waals surface area contributed by atoms with Gasteiger partial charge in [0.1, 0.15) is 0 Å². The van der Waals surface area contributed by atoms with Gasteiger partial charge in [-0.05, 0) is 42.3 Å². The average Bonchev–Trinajstić information content (AvgIpc) is 2.90. The molecule has 0 saturated carbocycles. The first-order chi connectivity index (χ1) is 10.1. The molecule has 2 aromatic carbocycles. The lowest BCUT2D eigenvalue weighted by Crippen LogP contribution is -1.92. The fraction of sp³-hybridized carbons (Fsp3) is 0.125. The Kier molecular flexibility index (Phi) is 3.75.